The largest absolute Gasteiger partial charge is 0.497 e. The van der Waals surface area contributed by atoms with Crippen molar-refractivity contribution in [1.82, 2.24) is 14.9 Å². The lowest BCUT2D eigenvalue weighted by atomic mass is 10.2. The van der Waals surface area contributed by atoms with Gasteiger partial charge in [-0.15, -0.1) is 0 Å². The first-order valence-electron chi connectivity index (χ1n) is 9.76. The Bertz CT molecular complexity index is 1000. The Morgan fingerprint density at radius 2 is 1.39 bits per heavy atom. The van der Waals surface area contributed by atoms with Crippen molar-refractivity contribution in [3.05, 3.63) is 59.7 Å². The fourth-order valence-corrected chi connectivity index (χ4v) is 4.39. The Morgan fingerprint density at radius 1 is 0.903 bits per heavy atom. The average molecular weight is 448 g/mol. The van der Waals surface area contributed by atoms with E-state index >= 15 is 0 Å². The Kier molecular flexibility index (Phi) is 7.61. The summed E-state index contributed by atoms with van der Waals surface area (Å²) in [6, 6.07) is 13.3. The first-order chi connectivity index (χ1) is 14.9. The maximum Gasteiger partial charge on any atom is 0.309 e. The van der Waals surface area contributed by atoms with Crippen molar-refractivity contribution in [3.8, 4) is 5.75 Å². The summed E-state index contributed by atoms with van der Waals surface area (Å²) in [5, 5.41) is 5.08. The standard InChI is InChI=1S/C21H25N3O6S/c1-29-18-6-2-16(3-7-18)14-22-20(25)21(26)23-15-17-4-8-19(9-5-17)31(27,28)24-10-12-30-13-11-24/h2-9H,10-15H2,1H3,(H,22,25)(H,23,26). The van der Waals surface area contributed by atoms with Gasteiger partial charge in [0.05, 0.1) is 25.2 Å². The average Bonchev–Trinajstić information content (AvgIpc) is 2.82. The molecule has 1 heterocycles. The zero-order valence-electron chi connectivity index (χ0n) is 17.2. The molecule has 0 aromatic heterocycles. The monoisotopic (exact) mass is 447 g/mol. The lowest BCUT2D eigenvalue weighted by Crippen LogP contribution is -2.40. The van der Waals surface area contributed by atoms with Crippen LogP contribution in [0.15, 0.2) is 53.4 Å². The molecular formula is C21H25N3O6S. The van der Waals surface area contributed by atoms with Crippen molar-refractivity contribution in [1.29, 1.82) is 0 Å². The highest BCUT2D eigenvalue weighted by Crippen LogP contribution is 2.17. The second-order valence-electron chi connectivity index (χ2n) is 6.87. The SMILES string of the molecule is COc1ccc(CNC(=O)C(=O)NCc2ccc(S(=O)(=O)N3CCOCC3)cc2)cc1. The van der Waals surface area contributed by atoms with Gasteiger partial charge in [-0.25, -0.2) is 8.42 Å². The summed E-state index contributed by atoms with van der Waals surface area (Å²) in [5.74, 6) is -0.808. The molecule has 3 rings (SSSR count). The normalized spacial score (nSPS) is 14.6. The van der Waals surface area contributed by atoms with E-state index in [0.29, 0.717) is 37.6 Å². The van der Waals surface area contributed by atoms with Crippen molar-refractivity contribution < 1.29 is 27.5 Å². The molecule has 0 radical (unpaired) electrons. The van der Waals surface area contributed by atoms with Crippen LogP contribution in [0.3, 0.4) is 0 Å². The van der Waals surface area contributed by atoms with Crippen molar-refractivity contribution >= 4 is 21.8 Å². The summed E-state index contributed by atoms with van der Waals surface area (Å²) in [5.41, 5.74) is 1.51. The fourth-order valence-electron chi connectivity index (χ4n) is 2.98. The van der Waals surface area contributed by atoms with Crippen molar-refractivity contribution in [2.45, 2.75) is 18.0 Å². The Labute approximate surface area is 181 Å². The van der Waals surface area contributed by atoms with Crippen molar-refractivity contribution in [3.63, 3.8) is 0 Å². The molecule has 2 N–H and O–H groups in total. The number of hydrogen-bond donors (Lipinski definition) is 2. The minimum absolute atomic E-state index is 0.104. The van der Waals surface area contributed by atoms with Gasteiger partial charge in [-0.1, -0.05) is 24.3 Å². The van der Waals surface area contributed by atoms with Gasteiger partial charge in [-0.3, -0.25) is 9.59 Å². The summed E-state index contributed by atoms with van der Waals surface area (Å²) in [6.07, 6.45) is 0. The number of nitrogens with zero attached hydrogens (tertiary/aromatic N) is 1. The second-order valence-corrected chi connectivity index (χ2v) is 8.81. The molecule has 9 nitrogen and oxygen atoms in total. The van der Waals surface area contributed by atoms with Crippen LogP contribution in [0.2, 0.25) is 0 Å². The van der Waals surface area contributed by atoms with Crippen LogP contribution in [0.5, 0.6) is 5.75 Å². The fraction of sp³-hybridized carbons (Fsp3) is 0.333. The van der Waals surface area contributed by atoms with Crippen LogP contribution >= 0.6 is 0 Å². The lowest BCUT2D eigenvalue weighted by Gasteiger charge is -2.26. The molecule has 1 fully saturated rings. The molecule has 0 bridgehead atoms. The first-order valence-corrected chi connectivity index (χ1v) is 11.2. The summed E-state index contributed by atoms with van der Waals surface area (Å²) in [7, 11) is -2.00. The molecule has 2 aromatic carbocycles. The van der Waals surface area contributed by atoms with Crippen LogP contribution < -0.4 is 15.4 Å². The van der Waals surface area contributed by atoms with E-state index in [1.54, 1.807) is 43.5 Å². The molecule has 1 aliphatic heterocycles. The van der Waals surface area contributed by atoms with E-state index in [2.05, 4.69) is 10.6 Å². The third kappa shape index (κ3) is 6.03. The summed E-state index contributed by atoms with van der Waals surface area (Å²) < 4.78 is 36.9. The molecule has 0 saturated carbocycles. The maximum atomic E-state index is 12.6. The highest BCUT2D eigenvalue weighted by Gasteiger charge is 2.26. The summed E-state index contributed by atoms with van der Waals surface area (Å²) in [6.45, 7) is 1.72. The molecule has 0 atom stereocenters. The number of amides is 2. The molecular weight excluding hydrogens is 422 g/mol. The number of nitrogens with one attached hydrogen (secondary N) is 2. The quantitative estimate of drug-likeness (QED) is 0.603. The van der Waals surface area contributed by atoms with Gasteiger partial charge >= 0.3 is 11.8 Å². The van der Waals surface area contributed by atoms with Crippen LogP contribution in [-0.4, -0.2) is 58.0 Å². The zero-order valence-corrected chi connectivity index (χ0v) is 18.0. The predicted molar refractivity (Wildman–Crippen MR) is 113 cm³/mol. The van der Waals surface area contributed by atoms with E-state index in [4.69, 9.17) is 9.47 Å². The van der Waals surface area contributed by atoms with E-state index in [1.807, 2.05) is 0 Å². The van der Waals surface area contributed by atoms with Crippen LogP contribution in [0.1, 0.15) is 11.1 Å². The molecule has 10 heteroatoms. The number of sulfonamides is 1. The highest BCUT2D eigenvalue weighted by atomic mass is 32.2. The minimum atomic E-state index is -3.57. The van der Waals surface area contributed by atoms with Gasteiger partial charge in [0.1, 0.15) is 5.75 Å². The number of hydrogen-bond acceptors (Lipinski definition) is 6. The topological polar surface area (TPSA) is 114 Å². The third-order valence-corrected chi connectivity index (χ3v) is 6.72. The van der Waals surface area contributed by atoms with Gasteiger partial charge in [-0.2, -0.15) is 4.31 Å². The minimum Gasteiger partial charge on any atom is -0.497 e. The second kappa shape index (κ2) is 10.4. The maximum absolute atomic E-state index is 12.6. The lowest BCUT2D eigenvalue weighted by molar-refractivity contribution is -0.139. The summed E-state index contributed by atoms with van der Waals surface area (Å²) in [4.78, 5) is 24.2. The number of carbonyl (C=O) groups excluding carboxylic acids is 2. The van der Waals surface area contributed by atoms with E-state index in [9.17, 15) is 18.0 Å². The molecule has 0 aliphatic carbocycles. The van der Waals surface area contributed by atoms with Gasteiger partial charge in [-0.05, 0) is 35.4 Å². The van der Waals surface area contributed by atoms with Crippen molar-refractivity contribution in [2.24, 2.45) is 0 Å². The van der Waals surface area contributed by atoms with E-state index in [1.165, 1.54) is 16.4 Å². The van der Waals surface area contributed by atoms with Crippen LogP contribution in [-0.2, 0) is 37.4 Å². The van der Waals surface area contributed by atoms with Gasteiger partial charge in [0.2, 0.25) is 10.0 Å². The van der Waals surface area contributed by atoms with Crippen LogP contribution in [0.25, 0.3) is 0 Å². The summed E-state index contributed by atoms with van der Waals surface area (Å²) >= 11 is 0. The van der Waals surface area contributed by atoms with Gasteiger partial charge in [0, 0.05) is 26.2 Å². The zero-order chi connectivity index (χ0) is 22.3. The Hall–Kier alpha value is -2.95. The van der Waals surface area contributed by atoms with E-state index in [0.717, 1.165) is 5.56 Å². The van der Waals surface area contributed by atoms with Gasteiger partial charge in [0.15, 0.2) is 0 Å². The Balaban J connectivity index is 1.48. The van der Waals surface area contributed by atoms with E-state index in [-0.39, 0.29) is 18.0 Å². The van der Waals surface area contributed by atoms with Gasteiger partial charge in [0.25, 0.3) is 0 Å². The molecule has 166 valence electrons. The van der Waals surface area contributed by atoms with Crippen LogP contribution in [0, 0.1) is 0 Å². The number of benzene rings is 2. The first kappa shape index (κ1) is 22.7. The van der Waals surface area contributed by atoms with Crippen molar-refractivity contribution in [2.75, 3.05) is 33.4 Å². The number of carbonyl (C=O) groups is 2. The number of rotatable bonds is 7. The molecule has 2 aromatic rings. The highest BCUT2D eigenvalue weighted by molar-refractivity contribution is 7.89. The molecule has 1 aliphatic rings. The van der Waals surface area contributed by atoms with Crippen LogP contribution in [0.4, 0.5) is 0 Å². The van der Waals surface area contributed by atoms with Gasteiger partial charge < -0.3 is 20.1 Å². The Morgan fingerprint density at radius 3 is 1.87 bits per heavy atom. The predicted octanol–water partition coefficient (Wildman–Crippen LogP) is 0.649. The van der Waals surface area contributed by atoms with E-state index < -0.39 is 21.8 Å². The molecule has 31 heavy (non-hydrogen) atoms. The smallest absolute Gasteiger partial charge is 0.309 e. The number of morpholine rings is 1. The molecule has 0 unspecified atom stereocenters. The molecule has 0 spiro atoms. The number of methoxy groups -OCH3 is 1. The number of ether oxygens (including phenoxy) is 2. The third-order valence-electron chi connectivity index (χ3n) is 4.80. The molecule has 2 amide bonds. The molecule has 1 saturated heterocycles.